The van der Waals surface area contributed by atoms with Crippen LogP contribution in [0, 0.1) is 0 Å². The zero-order valence-electron chi connectivity index (χ0n) is 7.07. The zero-order valence-corrected chi connectivity index (χ0v) is 7.83. The van der Waals surface area contributed by atoms with E-state index in [-0.39, 0.29) is 5.75 Å². The first-order chi connectivity index (χ1) is 6.15. The lowest BCUT2D eigenvalue weighted by molar-refractivity contribution is 0.166. The summed E-state index contributed by atoms with van der Waals surface area (Å²) in [5.41, 5.74) is 5.71. The molecular weight excluding hydrogens is 190 g/mol. The molecule has 72 valence electrons. The highest BCUT2D eigenvalue weighted by atomic mass is 35.5. The van der Waals surface area contributed by atoms with Gasteiger partial charge in [-0.05, 0) is 31.2 Å². The van der Waals surface area contributed by atoms with Crippen molar-refractivity contribution in [2.24, 2.45) is 5.73 Å². The van der Waals surface area contributed by atoms with E-state index in [2.05, 4.69) is 0 Å². The number of rotatable bonds is 3. The van der Waals surface area contributed by atoms with E-state index in [0.29, 0.717) is 23.6 Å². The Morgan fingerprint density at radius 2 is 2.15 bits per heavy atom. The van der Waals surface area contributed by atoms with Gasteiger partial charge in [-0.3, -0.25) is 0 Å². The smallest absolute Gasteiger partial charge is 0.121 e. The topological polar surface area (TPSA) is 66.5 Å². The number of benzene rings is 1. The van der Waals surface area contributed by atoms with Gasteiger partial charge in [-0.15, -0.1) is 0 Å². The van der Waals surface area contributed by atoms with Crippen molar-refractivity contribution in [3.63, 3.8) is 0 Å². The van der Waals surface area contributed by atoms with E-state index in [1.807, 2.05) is 0 Å². The summed E-state index contributed by atoms with van der Waals surface area (Å²) in [6.07, 6.45) is -0.336. The van der Waals surface area contributed by atoms with Gasteiger partial charge in [-0.2, -0.15) is 0 Å². The van der Waals surface area contributed by atoms with Gasteiger partial charge in [0.1, 0.15) is 5.75 Å². The van der Waals surface area contributed by atoms with Crippen molar-refractivity contribution in [3.8, 4) is 5.75 Å². The first-order valence-corrected chi connectivity index (χ1v) is 4.39. The molecule has 4 heteroatoms. The average Bonchev–Trinajstić information content (AvgIpc) is 2.09. The zero-order chi connectivity index (χ0) is 9.84. The summed E-state index contributed by atoms with van der Waals surface area (Å²) in [6.45, 7) is 0.368. The van der Waals surface area contributed by atoms with Crippen molar-refractivity contribution in [1.29, 1.82) is 0 Å². The lowest BCUT2D eigenvalue weighted by Gasteiger charge is -2.11. The highest BCUT2D eigenvalue weighted by Gasteiger charge is 2.11. The second-order valence-corrected chi connectivity index (χ2v) is 3.23. The second-order valence-electron chi connectivity index (χ2n) is 2.80. The molecule has 4 N–H and O–H groups in total. The first kappa shape index (κ1) is 10.3. The van der Waals surface area contributed by atoms with Crippen LogP contribution in [-0.2, 0) is 0 Å². The fourth-order valence-corrected chi connectivity index (χ4v) is 1.29. The van der Waals surface area contributed by atoms with E-state index in [0.717, 1.165) is 0 Å². The van der Waals surface area contributed by atoms with Gasteiger partial charge in [-0.1, -0.05) is 11.6 Å². The van der Waals surface area contributed by atoms with Crippen molar-refractivity contribution in [2.45, 2.75) is 12.5 Å². The summed E-state index contributed by atoms with van der Waals surface area (Å²) < 4.78 is 0. The van der Waals surface area contributed by atoms with E-state index >= 15 is 0 Å². The maximum Gasteiger partial charge on any atom is 0.121 e. The van der Waals surface area contributed by atoms with Gasteiger partial charge in [-0.25, -0.2) is 0 Å². The Bertz CT molecular complexity index is 291. The van der Waals surface area contributed by atoms with Crippen LogP contribution < -0.4 is 5.73 Å². The summed E-state index contributed by atoms with van der Waals surface area (Å²) >= 11 is 5.71. The van der Waals surface area contributed by atoms with Crippen LogP contribution in [0.4, 0.5) is 0 Å². The molecule has 0 aliphatic rings. The molecular formula is C9H12ClNO2. The summed E-state index contributed by atoms with van der Waals surface area (Å²) in [7, 11) is 0. The van der Waals surface area contributed by atoms with Crippen LogP contribution in [-0.4, -0.2) is 16.8 Å². The van der Waals surface area contributed by atoms with Crippen LogP contribution in [0.25, 0.3) is 0 Å². The maximum absolute atomic E-state index is 9.53. The van der Waals surface area contributed by atoms with Crippen LogP contribution in [0.5, 0.6) is 5.75 Å². The van der Waals surface area contributed by atoms with Crippen LogP contribution in [0.3, 0.4) is 0 Å². The summed E-state index contributed by atoms with van der Waals surface area (Å²) in [6, 6.07) is 4.56. The molecule has 0 spiro atoms. The lowest BCUT2D eigenvalue weighted by Crippen LogP contribution is -2.06. The highest BCUT2D eigenvalue weighted by Crippen LogP contribution is 2.28. The fourth-order valence-electron chi connectivity index (χ4n) is 1.11. The third-order valence-electron chi connectivity index (χ3n) is 1.79. The molecule has 0 saturated heterocycles. The molecule has 0 aliphatic heterocycles. The van der Waals surface area contributed by atoms with E-state index in [1.54, 1.807) is 6.07 Å². The Morgan fingerprint density at radius 3 is 2.77 bits per heavy atom. The predicted octanol–water partition coefficient (Wildman–Crippen LogP) is 1.43. The molecule has 13 heavy (non-hydrogen) atoms. The number of aromatic hydroxyl groups is 1. The number of aliphatic hydroxyl groups excluding tert-OH is 1. The molecule has 1 aromatic rings. The molecule has 1 aromatic carbocycles. The van der Waals surface area contributed by atoms with Gasteiger partial charge >= 0.3 is 0 Å². The highest BCUT2D eigenvalue weighted by molar-refractivity contribution is 6.30. The molecule has 0 fully saturated rings. The largest absolute Gasteiger partial charge is 0.508 e. The Labute approximate surface area is 81.8 Å². The number of hydrogen-bond donors (Lipinski definition) is 3. The number of phenolic OH excluding ortho intramolecular Hbond substituents is 1. The monoisotopic (exact) mass is 201 g/mol. The van der Waals surface area contributed by atoms with Gasteiger partial charge in [0, 0.05) is 10.6 Å². The van der Waals surface area contributed by atoms with Crippen LogP contribution >= 0.6 is 11.6 Å². The molecule has 0 unspecified atom stereocenters. The van der Waals surface area contributed by atoms with Crippen LogP contribution in [0.2, 0.25) is 5.02 Å². The van der Waals surface area contributed by atoms with Crippen molar-refractivity contribution >= 4 is 11.6 Å². The number of phenols is 1. The minimum absolute atomic E-state index is 0.0466. The van der Waals surface area contributed by atoms with Crippen LogP contribution in [0.1, 0.15) is 18.1 Å². The molecule has 0 saturated carbocycles. The molecule has 0 aliphatic carbocycles. The average molecular weight is 202 g/mol. The number of hydrogen-bond acceptors (Lipinski definition) is 3. The number of nitrogens with two attached hydrogens (primary N) is 1. The Balaban J connectivity index is 2.91. The van der Waals surface area contributed by atoms with Crippen molar-refractivity contribution in [2.75, 3.05) is 6.54 Å². The van der Waals surface area contributed by atoms with Crippen molar-refractivity contribution < 1.29 is 10.2 Å². The standard InChI is InChI=1S/C9H12ClNO2/c10-6-1-2-8(12)7(5-6)9(13)3-4-11/h1-2,5,9,12-13H,3-4,11H2/t9-/m1/s1. The molecule has 0 amide bonds. The number of halogens is 1. The van der Waals surface area contributed by atoms with Crippen molar-refractivity contribution in [3.05, 3.63) is 28.8 Å². The molecule has 3 nitrogen and oxygen atoms in total. The second kappa shape index (κ2) is 4.46. The Kier molecular flexibility index (Phi) is 3.54. The quantitative estimate of drug-likeness (QED) is 0.693. The van der Waals surface area contributed by atoms with E-state index in [1.165, 1.54) is 12.1 Å². The third kappa shape index (κ3) is 2.59. The van der Waals surface area contributed by atoms with Gasteiger partial charge < -0.3 is 15.9 Å². The van der Waals surface area contributed by atoms with E-state index in [9.17, 15) is 10.2 Å². The Morgan fingerprint density at radius 1 is 1.46 bits per heavy atom. The SMILES string of the molecule is NCC[C@@H](O)c1cc(Cl)ccc1O. The molecule has 1 atom stereocenters. The van der Waals surface area contributed by atoms with Gasteiger partial charge in [0.25, 0.3) is 0 Å². The van der Waals surface area contributed by atoms with Crippen molar-refractivity contribution in [1.82, 2.24) is 0 Å². The fraction of sp³-hybridized carbons (Fsp3) is 0.333. The molecule has 0 bridgehead atoms. The minimum atomic E-state index is -0.747. The third-order valence-corrected chi connectivity index (χ3v) is 2.02. The molecule has 0 heterocycles. The predicted molar refractivity (Wildman–Crippen MR) is 51.7 cm³/mol. The van der Waals surface area contributed by atoms with Gasteiger partial charge in [0.15, 0.2) is 0 Å². The van der Waals surface area contributed by atoms with Gasteiger partial charge in [0.05, 0.1) is 6.10 Å². The van der Waals surface area contributed by atoms with Crippen LogP contribution in [0.15, 0.2) is 18.2 Å². The normalized spacial score (nSPS) is 12.8. The van der Waals surface area contributed by atoms with E-state index < -0.39 is 6.10 Å². The lowest BCUT2D eigenvalue weighted by atomic mass is 10.1. The van der Waals surface area contributed by atoms with Gasteiger partial charge in [0.2, 0.25) is 0 Å². The summed E-state index contributed by atoms with van der Waals surface area (Å²) in [5, 5.41) is 19.4. The number of aliphatic hydroxyl groups is 1. The molecule has 0 radical (unpaired) electrons. The van der Waals surface area contributed by atoms with E-state index in [4.69, 9.17) is 17.3 Å². The maximum atomic E-state index is 9.53. The first-order valence-electron chi connectivity index (χ1n) is 4.01. The summed E-state index contributed by atoms with van der Waals surface area (Å²) in [4.78, 5) is 0. The molecule has 1 rings (SSSR count). The minimum Gasteiger partial charge on any atom is -0.508 e. The molecule has 0 aromatic heterocycles. The Hall–Kier alpha value is -0.770. The summed E-state index contributed by atoms with van der Waals surface area (Å²) in [5.74, 6) is 0.0466.